The number of ether oxygens (including phenoxy) is 1. The molecule has 1 unspecified atom stereocenters. The number of carbonyl (C=O) groups is 2. The largest absolute Gasteiger partial charge is 0.495 e. The Morgan fingerprint density at radius 1 is 1.33 bits per heavy atom. The molecule has 2 saturated heterocycles. The molecule has 6 nitrogen and oxygen atoms in total. The Bertz CT molecular complexity index is 644. The summed E-state index contributed by atoms with van der Waals surface area (Å²) in [5, 5.41) is 0.526. The standard InChI is InChI=1S/C17H22ClN3O3/c1-24-15-3-2-12(18)9-14(15)21-10-11(8-16(21)22)17(23)20-6-4-13(19)5-7-20/h2-3,9,11,13H,4-8,10,19H2,1H3. The van der Waals surface area contributed by atoms with E-state index in [-0.39, 0.29) is 30.2 Å². The van der Waals surface area contributed by atoms with Crippen molar-refractivity contribution in [3.8, 4) is 5.75 Å². The van der Waals surface area contributed by atoms with Crippen molar-refractivity contribution >= 4 is 29.1 Å². The van der Waals surface area contributed by atoms with Crippen molar-refractivity contribution < 1.29 is 14.3 Å². The van der Waals surface area contributed by atoms with E-state index in [2.05, 4.69) is 0 Å². The number of benzene rings is 1. The van der Waals surface area contributed by atoms with Gasteiger partial charge in [-0.25, -0.2) is 0 Å². The Morgan fingerprint density at radius 2 is 2.04 bits per heavy atom. The molecule has 0 spiro atoms. The van der Waals surface area contributed by atoms with Crippen molar-refractivity contribution in [3.05, 3.63) is 23.2 Å². The number of anilines is 1. The van der Waals surface area contributed by atoms with E-state index in [9.17, 15) is 9.59 Å². The Balaban J connectivity index is 1.74. The smallest absolute Gasteiger partial charge is 0.228 e. The van der Waals surface area contributed by atoms with Crippen molar-refractivity contribution in [3.63, 3.8) is 0 Å². The number of nitrogens with two attached hydrogens (primary N) is 1. The maximum Gasteiger partial charge on any atom is 0.228 e. The molecule has 0 bridgehead atoms. The summed E-state index contributed by atoms with van der Waals surface area (Å²) in [4.78, 5) is 28.6. The summed E-state index contributed by atoms with van der Waals surface area (Å²) in [5.41, 5.74) is 6.51. The molecule has 2 amide bonds. The minimum absolute atomic E-state index is 0.0405. The van der Waals surface area contributed by atoms with E-state index >= 15 is 0 Å². The van der Waals surface area contributed by atoms with Gasteiger partial charge in [0, 0.05) is 37.1 Å². The van der Waals surface area contributed by atoms with E-state index < -0.39 is 0 Å². The van der Waals surface area contributed by atoms with Gasteiger partial charge in [0.15, 0.2) is 0 Å². The van der Waals surface area contributed by atoms with Gasteiger partial charge in [0.2, 0.25) is 11.8 Å². The minimum atomic E-state index is -0.324. The molecule has 1 atom stereocenters. The van der Waals surface area contributed by atoms with Crippen molar-refractivity contribution in [1.29, 1.82) is 0 Å². The van der Waals surface area contributed by atoms with Crippen molar-refractivity contribution in [2.75, 3.05) is 31.6 Å². The van der Waals surface area contributed by atoms with Gasteiger partial charge in [0.25, 0.3) is 0 Å². The summed E-state index contributed by atoms with van der Waals surface area (Å²) in [7, 11) is 1.55. The van der Waals surface area contributed by atoms with Gasteiger partial charge in [-0.15, -0.1) is 0 Å². The number of likely N-dealkylation sites (tertiary alicyclic amines) is 1. The first-order valence-corrected chi connectivity index (χ1v) is 8.55. The zero-order valence-electron chi connectivity index (χ0n) is 13.7. The van der Waals surface area contributed by atoms with E-state index in [4.69, 9.17) is 22.1 Å². The maximum atomic E-state index is 12.7. The zero-order chi connectivity index (χ0) is 17.3. The van der Waals surface area contributed by atoms with Gasteiger partial charge in [-0.1, -0.05) is 11.6 Å². The van der Waals surface area contributed by atoms with Crippen molar-refractivity contribution in [2.24, 2.45) is 11.7 Å². The van der Waals surface area contributed by atoms with E-state index in [0.717, 1.165) is 12.8 Å². The molecule has 2 N–H and O–H groups in total. The third-order valence-corrected chi connectivity index (χ3v) is 4.99. The highest BCUT2D eigenvalue weighted by atomic mass is 35.5. The fourth-order valence-electron chi connectivity index (χ4n) is 3.36. The van der Waals surface area contributed by atoms with Crippen LogP contribution in [0.25, 0.3) is 0 Å². The van der Waals surface area contributed by atoms with Gasteiger partial charge in [-0.05, 0) is 31.0 Å². The van der Waals surface area contributed by atoms with Gasteiger partial charge < -0.3 is 20.3 Å². The number of rotatable bonds is 3. The average molecular weight is 352 g/mol. The molecule has 2 aliphatic rings. The van der Waals surface area contributed by atoms with Crippen LogP contribution in [0.1, 0.15) is 19.3 Å². The Labute approximate surface area is 146 Å². The minimum Gasteiger partial charge on any atom is -0.495 e. The first-order valence-electron chi connectivity index (χ1n) is 8.18. The highest BCUT2D eigenvalue weighted by Gasteiger charge is 2.38. The van der Waals surface area contributed by atoms with E-state index in [1.54, 1.807) is 30.2 Å². The summed E-state index contributed by atoms with van der Waals surface area (Å²) < 4.78 is 5.32. The number of nitrogens with zero attached hydrogens (tertiary/aromatic N) is 2. The average Bonchev–Trinajstić information content (AvgIpc) is 2.96. The molecule has 0 saturated carbocycles. The summed E-state index contributed by atoms with van der Waals surface area (Å²) in [6.07, 6.45) is 1.85. The molecular formula is C17H22ClN3O3. The van der Waals surface area contributed by atoms with Crippen LogP contribution in [-0.2, 0) is 9.59 Å². The van der Waals surface area contributed by atoms with Crippen LogP contribution in [0.3, 0.4) is 0 Å². The topological polar surface area (TPSA) is 75.9 Å². The first kappa shape index (κ1) is 17.0. The molecule has 2 aliphatic heterocycles. The Morgan fingerprint density at radius 3 is 2.71 bits per heavy atom. The second-order valence-corrected chi connectivity index (χ2v) is 6.82. The Hall–Kier alpha value is -1.79. The van der Waals surface area contributed by atoms with E-state index in [1.165, 1.54) is 0 Å². The fourth-order valence-corrected chi connectivity index (χ4v) is 3.52. The fraction of sp³-hybridized carbons (Fsp3) is 0.529. The molecule has 0 radical (unpaired) electrons. The number of piperidine rings is 1. The van der Waals surface area contributed by atoms with Gasteiger partial charge in [0.05, 0.1) is 18.7 Å². The molecule has 3 rings (SSSR count). The van der Waals surface area contributed by atoms with Crippen LogP contribution < -0.4 is 15.4 Å². The lowest BCUT2D eigenvalue weighted by Gasteiger charge is -2.32. The third kappa shape index (κ3) is 3.35. The molecule has 24 heavy (non-hydrogen) atoms. The van der Waals surface area contributed by atoms with Gasteiger partial charge in [-0.3, -0.25) is 9.59 Å². The van der Waals surface area contributed by atoms with Crippen LogP contribution in [0, 0.1) is 5.92 Å². The molecule has 0 aliphatic carbocycles. The van der Waals surface area contributed by atoms with Crippen LogP contribution in [0.2, 0.25) is 5.02 Å². The van der Waals surface area contributed by atoms with E-state index in [0.29, 0.717) is 36.1 Å². The quantitative estimate of drug-likeness (QED) is 0.898. The highest BCUT2D eigenvalue weighted by molar-refractivity contribution is 6.31. The number of methoxy groups -OCH3 is 1. The number of amides is 2. The second-order valence-electron chi connectivity index (χ2n) is 6.38. The second kappa shape index (κ2) is 6.99. The summed E-state index contributed by atoms with van der Waals surface area (Å²) in [6, 6.07) is 5.31. The molecule has 7 heteroatoms. The monoisotopic (exact) mass is 351 g/mol. The van der Waals surface area contributed by atoms with Crippen molar-refractivity contribution in [2.45, 2.75) is 25.3 Å². The van der Waals surface area contributed by atoms with Crippen LogP contribution >= 0.6 is 11.6 Å². The number of carbonyl (C=O) groups excluding carboxylic acids is 2. The molecule has 2 heterocycles. The lowest BCUT2D eigenvalue weighted by atomic mass is 10.0. The number of hydrogen-bond donors (Lipinski definition) is 1. The predicted octanol–water partition coefficient (Wildman–Crippen LogP) is 1.65. The third-order valence-electron chi connectivity index (χ3n) is 4.76. The highest BCUT2D eigenvalue weighted by Crippen LogP contribution is 2.35. The maximum absolute atomic E-state index is 12.7. The zero-order valence-corrected chi connectivity index (χ0v) is 14.5. The van der Waals surface area contributed by atoms with Crippen LogP contribution in [0.4, 0.5) is 5.69 Å². The molecule has 1 aromatic rings. The van der Waals surface area contributed by atoms with Gasteiger partial charge >= 0.3 is 0 Å². The number of hydrogen-bond acceptors (Lipinski definition) is 4. The summed E-state index contributed by atoms with van der Waals surface area (Å²) in [5.74, 6) is 0.210. The summed E-state index contributed by atoms with van der Waals surface area (Å²) >= 11 is 6.05. The van der Waals surface area contributed by atoms with Gasteiger partial charge in [-0.2, -0.15) is 0 Å². The molecule has 130 valence electrons. The first-order chi connectivity index (χ1) is 11.5. The normalized spacial score (nSPS) is 22.1. The lowest BCUT2D eigenvalue weighted by molar-refractivity contribution is -0.136. The van der Waals surface area contributed by atoms with Crippen LogP contribution in [-0.4, -0.2) is 49.5 Å². The van der Waals surface area contributed by atoms with Crippen LogP contribution in [0.5, 0.6) is 5.75 Å². The Kier molecular flexibility index (Phi) is 4.96. The molecule has 1 aromatic carbocycles. The number of halogens is 1. The van der Waals surface area contributed by atoms with Crippen molar-refractivity contribution in [1.82, 2.24) is 4.90 Å². The summed E-state index contributed by atoms with van der Waals surface area (Å²) in [6.45, 7) is 1.70. The van der Waals surface area contributed by atoms with E-state index in [1.807, 2.05) is 4.90 Å². The van der Waals surface area contributed by atoms with Crippen LogP contribution in [0.15, 0.2) is 18.2 Å². The molecular weight excluding hydrogens is 330 g/mol. The molecule has 2 fully saturated rings. The molecule has 0 aromatic heterocycles. The predicted molar refractivity (Wildman–Crippen MR) is 92.3 cm³/mol. The SMILES string of the molecule is COc1ccc(Cl)cc1N1CC(C(=O)N2CCC(N)CC2)CC1=O. The van der Waals surface area contributed by atoms with Gasteiger partial charge in [0.1, 0.15) is 5.75 Å². The lowest BCUT2D eigenvalue weighted by Crippen LogP contribution is -2.45.